The van der Waals surface area contributed by atoms with Crippen molar-refractivity contribution < 1.29 is 18.0 Å². The van der Waals surface area contributed by atoms with E-state index in [9.17, 15) is 13.6 Å². The van der Waals surface area contributed by atoms with Crippen LogP contribution >= 0.6 is 0 Å². The van der Waals surface area contributed by atoms with E-state index in [-0.39, 0.29) is 5.92 Å². The molecule has 0 unspecified atom stereocenters. The molecule has 0 saturated carbocycles. The van der Waals surface area contributed by atoms with Gasteiger partial charge in [-0.25, -0.2) is 12.7 Å². The molecule has 1 aromatic carbocycles. The second kappa shape index (κ2) is 8.18. The SMILES string of the molecule is CS(=O)(=O)N1CCC(c2cc(-c3ccc4c(c3)CC/C4=N\O)c(-c3ccncc3)o2)CC1. The summed E-state index contributed by atoms with van der Waals surface area (Å²) in [5.41, 5.74) is 5.91. The van der Waals surface area contributed by atoms with Crippen LogP contribution in [-0.2, 0) is 16.4 Å². The highest BCUT2D eigenvalue weighted by Crippen LogP contribution is 2.41. The maximum Gasteiger partial charge on any atom is 0.211 e. The summed E-state index contributed by atoms with van der Waals surface area (Å²) in [5, 5.41) is 12.7. The van der Waals surface area contributed by atoms with Crippen LogP contribution in [-0.4, -0.2) is 48.0 Å². The number of hydrogen-bond acceptors (Lipinski definition) is 6. The summed E-state index contributed by atoms with van der Waals surface area (Å²) in [7, 11) is -3.16. The summed E-state index contributed by atoms with van der Waals surface area (Å²) < 4.78 is 31.7. The van der Waals surface area contributed by atoms with E-state index in [4.69, 9.17) is 4.42 Å². The quantitative estimate of drug-likeness (QED) is 0.472. The molecule has 8 heteroatoms. The molecular formula is C24H25N3O4S. The number of aromatic nitrogens is 1. The summed E-state index contributed by atoms with van der Waals surface area (Å²) in [6.07, 6.45) is 7.81. The number of sulfonamides is 1. The van der Waals surface area contributed by atoms with Gasteiger partial charge < -0.3 is 9.62 Å². The number of rotatable bonds is 4. The normalized spacial score (nSPS) is 18.8. The number of nitrogens with zero attached hydrogens (tertiary/aromatic N) is 3. The van der Waals surface area contributed by atoms with Gasteiger partial charge in [-0.2, -0.15) is 0 Å². The molecule has 32 heavy (non-hydrogen) atoms. The molecule has 0 radical (unpaired) electrons. The summed E-state index contributed by atoms with van der Waals surface area (Å²) in [4.78, 5) is 4.13. The van der Waals surface area contributed by atoms with Crippen LogP contribution in [0.1, 0.15) is 42.1 Å². The molecule has 2 aromatic heterocycles. The van der Waals surface area contributed by atoms with E-state index in [1.165, 1.54) is 16.1 Å². The maximum atomic E-state index is 11.9. The van der Waals surface area contributed by atoms with E-state index in [0.717, 1.165) is 65.2 Å². The molecular weight excluding hydrogens is 426 g/mol. The van der Waals surface area contributed by atoms with Crippen LogP contribution in [0.2, 0.25) is 0 Å². The second-order valence-corrected chi connectivity index (χ2v) is 10.5. The van der Waals surface area contributed by atoms with Gasteiger partial charge in [-0.1, -0.05) is 23.4 Å². The van der Waals surface area contributed by atoms with E-state index in [1.54, 1.807) is 12.4 Å². The second-order valence-electron chi connectivity index (χ2n) is 8.48. The Hall–Kier alpha value is -2.97. The molecule has 0 bridgehead atoms. The van der Waals surface area contributed by atoms with Crippen LogP contribution in [0, 0.1) is 0 Å². The fraction of sp³-hybridized carbons (Fsp3) is 0.333. The molecule has 1 aliphatic heterocycles. The van der Waals surface area contributed by atoms with Crippen molar-refractivity contribution >= 4 is 15.7 Å². The molecule has 0 amide bonds. The first kappa shape index (κ1) is 20.9. The van der Waals surface area contributed by atoms with Gasteiger partial charge in [0.25, 0.3) is 0 Å². The van der Waals surface area contributed by atoms with Crippen molar-refractivity contribution in [2.24, 2.45) is 5.16 Å². The molecule has 2 aliphatic rings. The van der Waals surface area contributed by atoms with Crippen LogP contribution in [0.25, 0.3) is 22.5 Å². The Labute approximate surface area is 187 Å². The lowest BCUT2D eigenvalue weighted by molar-refractivity contribution is 0.298. The number of pyridine rings is 1. The Bertz CT molecular complexity index is 1270. The molecule has 1 aliphatic carbocycles. The van der Waals surface area contributed by atoms with Crippen molar-refractivity contribution in [3.8, 4) is 22.5 Å². The third-order valence-electron chi connectivity index (χ3n) is 6.50. The van der Waals surface area contributed by atoms with E-state index in [1.807, 2.05) is 24.3 Å². The largest absolute Gasteiger partial charge is 0.460 e. The van der Waals surface area contributed by atoms with Crippen LogP contribution in [0.5, 0.6) is 0 Å². The molecule has 0 atom stereocenters. The molecule has 166 valence electrons. The molecule has 3 heterocycles. The number of furan rings is 1. The highest BCUT2D eigenvalue weighted by molar-refractivity contribution is 7.88. The van der Waals surface area contributed by atoms with Crippen molar-refractivity contribution in [2.75, 3.05) is 19.3 Å². The fourth-order valence-electron chi connectivity index (χ4n) is 4.76. The van der Waals surface area contributed by atoms with Gasteiger partial charge in [0.1, 0.15) is 11.5 Å². The Kier molecular flexibility index (Phi) is 5.35. The highest BCUT2D eigenvalue weighted by Gasteiger charge is 2.29. The molecule has 1 saturated heterocycles. The zero-order chi connectivity index (χ0) is 22.3. The lowest BCUT2D eigenvalue weighted by Crippen LogP contribution is -2.37. The Balaban J connectivity index is 1.52. The average molecular weight is 452 g/mol. The summed E-state index contributed by atoms with van der Waals surface area (Å²) in [5.74, 6) is 1.85. The molecule has 1 fully saturated rings. The zero-order valence-corrected chi connectivity index (χ0v) is 18.7. The number of fused-ring (bicyclic) bond motifs is 1. The third kappa shape index (κ3) is 3.84. The van der Waals surface area contributed by atoms with E-state index in [2.05, 4.69) is 22.3 Å². The first-order valence-corrected chi connectivity index (χ1v) is 12.6. The first-order chi connectivity index (χ1) is 15.4. The van der Waals surface area contributed by atoms with E-state index in [0.29, 0.717) is 13.1 Å². The molecule has 1 N–H and O–H groups in total. The number of piperidine rings is 1. The van der Waals surface area contributed by atoms with Crippen LogP contribution in [0.15, 0.2) is 58.4 Å². The zero-order valence-electron chi connectivity index (χ0n) is 17.9. The van der Waals surface area contributed by atoms with Crippen LogP contribution in [0.4, 0.5) is 0 Å². The number of benzene rings is 1. The molecule has 3 aromatic rings. The Morgan fingerprint density at radius 1 is 1.03 bits per heavy atom. The van der Waals surface area contributed by atoms with Crippen molar-refractivity contribution in [1.82, 2.24) is 9.29 Å². The first-order valence-electron chi connectivity index (χ1n) is 10.8. The van der Waals surface area contributed by atoms with Gasteiger partial charge in [0, 0.05) is 48.1 Å². The third-order valence-corrected chi connectivity index (χ3v) is 7.80. The summed E-state index contributed by atoms with van der Waals surface area (Å²) in [6.45, 7) is 1.01. The molecule has 5 rings (SSSR count). The lowest BCUT2D eigenvalue weighted by atomic mass is 9.93. The minimum absolute atomic E-state index is 0.171. The van der Waals surface area contributed by atoms with E-state index < -0.39 is 10.0 Å². The number of aryl methyl sites for hydroxylation is 1. The standard InChI is InChI=1S/C24H25N3O4S/c1-32(29,30)27-12-8-16(9-13-27)23-15-21(24(31-23)17-6-10-25-11-7-17)19-2-4-20-18(14-19)3-5-22(20)26-28/h2,4,6-7,10-11,14-16,28H,3,5,8-9,12-13H2,1H3/b26-22+. The van der Waals surface area contributed by atoms with Crippen molar-refractivity contribution in [3.05, 3.63) is 65.7 Å². The van der Waals surface area contributed by atoms with Gasteiger partial charge in [0.05, 0.1) is 12.0 Å². The maximum absolute atomic E-state index is 11.9. The minimum atomic E-state index is -3.16. The Morgan fingerprint density at radius 3 is 2.47 bits per heavy atom. The monoisotopic (exact) mass is 451 g/mol. The number of hydrogen-bond donors (Lipinski definition) is 1. The van der Waals surface area contributed by atoms with Crippen LogP contribution < -0.4 is 0 Å². The fourth-order valence-corrected chi connectivity index (χ4v) is 5.63. The van der Waals surface area contributed by atoms with Gasteiger partial charge in [0.2, 0.25) is 10.0 Å². The predicted molar refractivity (Wildman–Crippen MR) is 122 cm³/mol. The van der Waals surface area contributed by atoms with Gasteiger partial charge in [-0.3, -0.25) is 4.98 Å². The molecule has 0 spiro atoms. The highest BCUT2D eigenvalue weighted by atomic mass is 32.2. The van der Waals surface area contributed by atoms with Crippen molar-refractivity contribution in [3.63, 3.8) is 0 Å². The van der Waals surface area contributed by atoms with Gasteiger partial charge in [0.15, 0.2) is 0 Å². The van der Waals surface area contributed by atoms with Crippen molar-refractivity contribution in [1.29, 1.82) is 0 Å². The predicted octanol–water partition coefficient (Wildman–Crippen LogP) is 4.27. The van der Waals surface area contributed by atoms with Crippen LogP contribution in [0.3, 0.4) is 0 Å². The average Bonchev–Trinajstić information content (AvgIpc) is 3.43. The van der Waals surface area contributed by atoms with Gasteiger partial charge in [-0.15, -0.1) is 0 Å². The molecule has 7 nitrogen and oxygen atoms in total. The summed E-state index contributed by atoms with van der Waals surface area (Å²) >= 11 is 0. The smallest absolute Gasteiger partial charge is 0.211 e. The van der Waals surface area contributed by atoms with Gasteiger partial charge in [-0.05, 0) is 55.0 Å². The van der Waals surface area contributed by atoms with E-state index >= 15 is 0 Å². The number of oxime groups is 1. The lowest BCUT2D eigenvalue weighted by Gasteiger charge is -2.29. The topological polar surface area (TPSA) is 96.0 Å². The van der Waals surface area contributed by atoms with Gasteiger partial charge >= 0.3 is 0 Å². The minimum Gasteiger partial charge on any atom is -0.460 e. The summed E-state index contributed by atoms with van der Waals surface area (Å²) in [6, 6.07) is 12.2. The van der Waals surface area contributed by atoms with Crippen molar-refractivity contribution in [2.45, 2.75) is 31.6 Å². The Morgan fingerprint density at radius 2 is 1.78 bits per heavy atom.